The zero-order chi connectivity index (χ0) is 12.3. The SMILES string of the molecule is CC1CCC(Oc2ccncc2CCl)CC1C. The van der Waals surface area contributed by atoms with Crippen molar-refractivity contribution in [3.8, 4) is 5.75 Å². The standard InChI is InChI=1S/C14H20ClNO/c1-10-3-4-13(7-11(10)2)17-14-5-6-16-9-12(14)8-15/h5-6,9-11,13H,3-4,7-8H2,1-2H3. The minimum absolute atomic E-state index is 0.338. The molecule has 2 nitrogen and oxygen atoms in total. The van der Waals surface area contributed by atoms with E-state index in [1.54, 1.807) is 12.4 Å². The molecule has 1 aromatic rings. The molecule has 0 spiro atoms. The number of hydrogen-bond donors (Lipinski definition) is 0. The number of alkyl halides is 1. The topological polar surface area (TPSA) is 22.1 Å². The molecule has 0 aromatic carbocycles. The van der Waals surface area contributed by atoms with Gasteiger partial charge in [0, 0.05) is 18.0 Å². The summed E-state index contributed by atoms with van der Waals surface area (Å²) in [5, 5.41) is 0. The molecule has 17 heavy (non-hydrogen) atoms. The molecule has 0 amide bonds. The molecule has 0 aliphatic heterocycles. The molecule has 1 fully saturated rings. The van der Waals surface area contributed by atoms with Crippen LogP contribution in [0.3, 0.4) is 0 Å². The lowest BCUT2D eigenvalue weighted by Crippen LogP contribution is -2.29. The highest BCUT2D eigenvalue weighted by molar-refractivity contribution is 6.17. The largest absolute Gasteiger partial charge is 0.490 e. The van der Waals surface area contributed by atoms with Crippen molar-refractivity contribution < 1.29 is 4.74 Å². The van der Waals surface area contributed by atoms with Crippen LogP contribution in [0.25, 0.3) is 0 Å². The third-order valence-corrected chi connectivity index (χ3v) is 4.13. The van der Waals surface area contributed by atoms with Crippen molar-refractivity contribution in [2.75, 3.05) is 0 Å². The van der Waals surface area contributed by atoms with E-state index in [0.717, 1.165) is 36.0 Å². The quantitative estimate of drug-likeness (QED) is 0.759. The Morgan fingerprint density at radius 3 is 2.88 bits per heavy atom. The highest BCUT2D eigenvalue weighted by atomic mass is 35.5. The summed E-state index contributed by atoms with van der Waals surface area (Å²) in [6.07, 6.45) is 7.44. The van der Waals surface area contributed by atoms with Crippen LogP contribution in [0.15, 0.2) is 18.5 Å². The minimum Gasteiger partial charge on any atom is -0.490 e. The Morgan fingerprint density at radius 2 is 2.18 bits per heavy atom. The lowest BCUT2D eigenvalue weighted by atomic mass is 9.80. The van der Waals surface area contributed by atoms with Crippen LogP contribution in [0, 0.1) is 11.8 Å². The van der Waals surface area contributed by atoms with Crippen LogP contribution in [0.1, 0.15) is 38.7 Å². The second-order valence-corrected chi connectivity index (χ2v) is 5.39. The molecule has 0 N–H and O–H groups in total. The first-order valence-corrected chi connectivity index (χ1v) is 6.89. The number of aromatic nitrogens is 1. The maximum absolute atomic E-state index is 6.07. The molecule has 2 rings (SSSR count). The molecule has 1 heterocycles. The van der Waals surface area contributed by atoms with Crippen LogP contribution in [0.5, 0.6) is 5.75 Å². The summed E-state index contributed by atoms with van der Waals surface area (Å²) in [6.45, 7) is 4.65. The number of rotatable bonds is 3. The number of hydrogen-bond acceptors (Lipinski definition) is 2. The minimum atomic E-state index is 0.338. The van der Waals surface area contributed by atoms with E-state index in [1.165, 1.54) is 6.42 Å². The van der Waals surface area contributed by atoms with Gasteiger partial charge in [0.15, 0.2) is 0 Å². The summed E-state index contributed by atoms with van der Waals surface area (Å²) < 4.78 is 6.07. The maximum Gasteiger partial charge on any atom is 0.127 e. The Morgan fingerprint density at radius 1 is 1.35 bits per heavy atom. The first-order chi connectivity index (χ1) is 8.20. The van der Waals surface area contributed by atoms with Crippen LogP contribution in [-0.2, 0) is 5.88 Å². The summed E-state index contributed by atoms with van der Waals surface area (Å²) in [4.78, 5) is 4.07. The van der Waals surface area contributed by atoms with Crippen LogP contribution < -0.4 is 4.74 Å². The Labute approximate surface area is 108 Å². The number of ether oxygens (including phenoxy) is 1. The highest BCUT2D eigenvalue weighted by Gasteiger charge is 2.26. The second-order valence-electron chi connectivity index (χ2n) is 5.12. The highest BCUT2D eigenvalue weighted by Crippen LogP contribution is 2.32. The van der Waals surface area contributed by atoms with Gasteiger partial charge in [0.1, 0.15) is 5.75 Å². The Balaban J connectivity index is 2.01. The van der Waals surface area contributed by atoms with Gasteiger partial charge in [-0.2, -0.15) is 0 Å². The van der Waals surface area contributed by atoms with E-state index in [2.05, 4.69) is 18.8 Å². The first-order valence-electron chi connectivity index (χ1n) is 6.36. The molecular formula is C14H20ClNO. The van der Waals surface area contributed by atoms with Gasteiger partial charge < -0.3 is 4.74 Å². The molecule has 3 atom stereocenters. The van der Waals surface area contributed by atoms with Gasteiger partial charge in [-0.15, -0.1) is 11.6 Å². The maximum atomic E-state index is 6.07. The number of halogens is 1. The molecule has 1 aromatic heterocycles. The van der Waals surface area contributed by atoms with Gasteiger partial charge in [-0.05, 0) is 37.2 Å². The lowest BCUT2D eigenvalue weighted by Gasteiger charge is -2.32. The Hall–Kier alpha value is -0.760. The van der Waals surface area contributed by atoms with E-state index in [4.69, 9.17) is 16.3 Å². The van der Waals surface area contributed by atoms with E-state index in [9.17, 15) is 0 Å². The zero-order valence-electron chi connectivity index (χ0n) is 10.5. The van der Waals surface area contributed by atoms with Crippen molar-refractivity contribution in [3.63, 3.8) is 0 Å². The van der Waals surface area contributed by atoms with Crippen molar-refractivity contribution in [1.29, 1.82) is 0 Å². The smallest absolute Gasteiger partial charge is 0.127 e. The average molecular weight is 254 g/mol. The van der Waals surface area contributed by atoms with E-state index in [0.29, 0.717) is 12.0 Å². The van der Waals surface area contributed by atoms with Crippen LogP contribution in [-0.4, -0.2) is 11.1 Å². The Kier molecular flexibility index (Phi) is 4.27. The van der Waals surface area contributed by atoms with Gasteiger partial charge in [-0.1, -0.05) is 13.8 Å². The molecule has 1 aliphatic rings. The molecule has 94 valence electrons. The second kappa shape index (κ2) is 5.72. The molecule has 3 heteroatoms. The van der Waals surface area contributed by atoms with E-state index in [-0.39, 0.29) is 0 Å². The molecular weight excluding hydrogens is 234 g/mol. The molecule has 0 bridgehead atoms. The van der Waals surface area contributed by atoms with E-state index < -0.39 is 0 Å². The molecule has 0 radical (unpaired) electrons. The third-order valence-electron chi connectivity index (χ3n) is 3.85. The summed E-state index contributed by atoms with van der Waals surface area (Å²) in [6, 6.07) is 1.92. The molecule has 1 aliphatic carbocycles. The fourth-order valence-corrected chi connectivity index (χ4v) is 2.62. The molecule has 3 unspecified atom stereocenters. The predicted molar refractivity (Wildman–Crippen MR) is 70.4 cm³/mol. The van der Waals surface area contributed by atoms with Crippen molar-refractivity contribution >= 4 is 11.6 Å². The van der Waals surface area contributed by atoms with Gasteiger partial charge >= 0.3 is 0 Å². The van der Waals surface area contributed by atoms with Crippen molar-refractivity contribution in [2.45, 2.75) is 45.1 Å². The first kappa shape index (κ1) is 12.7. The number of nitrogens with zero attached hydrogens (tertiary/aromatic N) is 1. The average Bonchev–Trinajstić information content (AvgIpc) is 2.34. The fourth-order valence-electron chi connectivity index (χ4n) is 2.41. The molecule has 1 saturated carbocycles. The lowest BCUT2D eigenvalue weighted by molar-refractivity contribution is 0.0998. The fraction of sp³-hybridized carbons (Fsp3) is 0.643. The van der Waals surface area contributed by atoms with Crippen molar-refractivity contribution in [3.05, 3.63) is 24.0 Å². The normalized spacial score (nSPS) is 29.0. The van der Waals surface area contributed by atoms with Crippen molar-refractivity contribution in [2.24, 2.45) is 11.8 Å². The van der Waals surface area contributed by atoms with Crippen LogP contribution >= 0.6 is 11.6 Å². The van der Waals surface area contributed by atoms with E-state index >= 15 is 0 Å². The molecule has 0 saturated heterocycles. The summed E-state index contributed by atoms with van der Waals surface area (Å²) in [7, 11) is 0. The Bertz CT molecular complexity index is 369. The van der Waals surface area contributed by atoms with Gasteiger partial charge in [0.2, 0.25) is 0 Å². The third kappa shape index (κ3) is 3.12. The number of pyridine rings is 1. The zero-order valence-corrected chi connectivity index (χ0v) is 11.3. The van der Waals surface area contributed by atoms with Gasteiger partial charge in [-0.3, -0.25) is 4.98 Å². The summed E-state index contributed by atoms with van der Waals surface area (Å²) in [5.74, 6) is 2.93. The van der Waals surface area contributed by atoms with E-state index in [1.807, 2.05) is 6.07 Å². The summed E-state index contributed by atoms with van der Waals surface area (Å²) >= 11 is 5.88. The monoisotopic (exact) mass is 253 g/mol. The van der Waals surface area contributed by atoms with Gasteiger partial charge in [-0.25, -0.2) is 0 Å². The van der Waals surface area contributed by atoms with Crippen LogP contribution in [0.2, 0.25) is 0 Å². The van der Waals surface area contributed by atoms with Gasteiger partial charge in [0.25, 0.3) is 0 Å². The predicted octanol–water partition coefficient (Wildman–Crippen LogP) is 4.02. The van der Waals surface area contributed by atoms with Crippen molar-refractivity contribution in [1.82, 2.24) is 4.98 Å². The summed E-state index contributed by atoms with van der Waals surface area (Å²) in [5.41, 5.74) is 0.987. The van der Waals surface area contributed by atoms with Crippen LogP contribution in [0.4, 0.5) is 0 Å². The van der Waals surface area contributed by atoms with Gasteiger partial charge in [0.05, 0.1) is 12.0 Å².